The Bertz CT molecular complexity index is 589. The van der Waals surface area contributed by atoms with Crippen molar-refractivity contribution in [3.63, 3.8) is 0 Å². The van der Waals surface area contributed by atoms with E-state index in [2.05, 4.69) is 4.90 Å². The molecule has 2 aliphatic heterocycles. The van der Waals surface area contributed by atoms with Crippen LogP contribution in [0.5, 0.6) is 0 Å². The molecule has 7 heteroatoms. The van der Waals surface area contributed by atoms with Crippen LogP contribution in [0.4, 0.5) is 18.0 Å². The lowest BCUT2D eigenvalue weighted by Crippen LogP contribution is -2.36. The van der Waals surface area contributed by atoms with Gasteiger partial charge in [0.05, 0.1) is 12.1 Å². The topological polar surface area (TPSA) is 32.8 Å². The third kappa shape index (κ3) is 4.45. The van der Waals surface area contributed by atoms with Gasteiger partial charge in [-0.25, -0.2) is 4.79 Å². The molecule has 1 aromatic carbocycles. The highest BCUT2D eigenvalue weighted by molar-refractivity contribution is 5.69. The summed E-state index contributed by atoms with van der Waals surface area (Å²) in [6, 6.07) is 5.69. The number of nitrogens with zero attached hydrogens (tertiary/aromatic N) is 2. The smallest absolute Gasteiger partial charge is 0.416 e. The zero-order valence-corrected chi connectivity index (χ0v) is 14.1. The van der Waals surface area contributed by atoms with Crippen molar-refractivity contribution in [1.82, 2.24) is 9.80 Å². The van der Waals surface area contributed by atoms with Crippen molar-refractivity contribution < 1.29 is 22.7 Å². The number of halogens is 3. The van der Waals surface area contributed by atoms with Crippen LogP contribution < -0.4 is 0 Å². The Morgan fingerprint density at radius 1 is 1.08 bits per heavy atom. The molecule has 25 heavy (non-hydrogen) atoms. The molecule has 2 saturated heterocycles. The van der Waals surface area contributed by atoms with E-state index in [4.69, 9.17) is 4.74 Å². The van der Waals surface area contributed by atoms with Gasteiger partial charge in [-0.15, -0.1) is 0 Å². The number of hydrogen-bond acceptors (Lipinski definition) is 3. The summed E-state index contributed by atoms with van der Waals surface area (Å²) in [5, 5.41) is 0. The Balaban J connectivity index is 1.59. The van der Waals surface area contributed by atoms with Gasteiger partial charge < -0.3 is 9.64 Å². The second-order valence-corrected chi connectivity index (χ2v) is 6.62. The van der Waals surface area contributed by atoms with Crippen LogP contribution in [0.3, 0.4) is 0 Å². The van der Waals surface area contributed by atoms with Gasteiger partial charge in [-0.3, -0.25) is 4.90 Å². The van der Waals surface area contributed by atoms with Crippen molar-refractivity contribution in [2.24, 2.45) is 0 Å². The molecule has 1 amide bonds. The highest BCUT2D eigenvalue weighted by Gasteiger charge is 2.31. The van der Waals surface area contributed by atoms with Crippen LogP contribution in [-0.4, -0.2) is 48.7 Å². The molecule has 0 bridgehead atoms. The van der Waals surface area contributed by atoms with Crippen LogP contribution in [0, 0.1) is 0 Å². The quantitative estimate of drug-likeness (QED) is 0.797. The van der Waals surface area contributed by atoms with Gasteiger partial charge in [0.15, 0.2) is 0 Å². The Labute approximate surface area is 145 Å². The minimum atomic E-state index is -4.30. The fourth-order valence-electron chi connectivity index (χ4n) is 3.62. The molecule has 0 N–H and O–H groups in total. The van der Waals surface area contributed by atoms with Crippen molar-refractivity contribution in [3.05, 3.63) is 35.4 Å². The molecule has 0 saturated carbocycles. The van der Waals surface area contributed by atoms with Crippen LogP contribution in [0.25, 0.3) is 0 Å². The van der Waals surface area contributed by atoms with Crippen LogP contribution in [0.15, 0.2) is 24.3 Å². The number of amides is 1. The summed E-state index contributed by atoms with van der Waals surface area (Å²) < 4.78 is 43.1. The fourth-order valence-corrected chi connectivity index (χ4v) is 3.62. The minimum absolute atomic E-state index is 0.154. The van der Waals surface area contributed by atoms with E-state index in [0.717, 1.165) is 44.3 Å². The summed E-state index contributed by atoms with van der Waals surface area (Å²) in [6.07, 6.45) is -0.569. The summed E-state index contributed by atoms with van der Waals surface area (Å²) in [7, 11) is 0. The molecule has 4 nitrogen and oxygen atoms in total. The largest absolute Gasteiger partial charge is 0.448 e. The van der Waals surface area contributed by atoms with Crippen molar-refractivity contribution in [2.45, 2.75) is 37.9 Å². The van der Waals surface area contributed by atoms with Crippen LogP contribution in [-0.2, 0) is 10.9 Å². The van der Waals surface area contributed by atoms with Gasteiger partial charge in [-0.2, -0.15) is 13.2 Å². The van der Waals surface area contributed by atoms with Crippen molar-refractivity contribution in [1.29, 1.82) is 0 Å². The van der Waals surface area contributed by atoms with E-state index >= 15 is 0 Å². The van der Waals surface area contributed by atoms with Gasteiger partial charge >= 0.3 is 12.3 Å². The molecule has 1 unspecified atom stereocenters. The Hall–Kier alpha value is -1.76. The highest BCUT2D eigenvalue weighted by Crippen LogP contribution is 2.34. The normalized spacial score (nSPS) is 22.3. The van der Waals surface area contributed by atoms with E-state index in [1.54, 1.807) is 17.0 Å². The number of carbonyl (C=O) groups excluding carboxylic acids is 1. The molecule has 3 rings (SSSR count). The first kappa shape index (κ1) is 18.0. The van der Waals surface area contributed by atoms with Gasteiger partial charge in [-0.1, -0.05) is 18.6 Å². The average Bonchev–Trinajstić information content (AvgIpc) is 3.00. The van der Waals surface area contributed by atoms with E-state index in [-0.39, 0.29) is 12.1 Å². The number of rotatable bonds is 5. The number of cyclic esters (lactones) is 1. The monoisotopic (exact) mass is 356 g/mol. The lowest BCUT2D eigenvalue weighted by molar-refractivity contribution is -0.137. The number of carbonyl (C=O) groups is 1. The number of piperidine rings is 1. The molecule has 0 radical (unpaired) electrons. The van der Waals surface area contributed by atoms with Gasteiger partial charge in [0, 0.05) is 19.1 Å². The van der Waals surface area contributed by atoms with Crippen LogP contribution in [0.2, 0.25) is 0 Å². The zero-order valence-electron chi connectivity index (χ0n) is 14.1. The first-order chi connectivity index (χ1) is 11.9. The minimum Gasteiger partial charge on any atom is -0.448 e. The predicted molar refractivity (Wildman–Crippen MR) is 87.1 cm³/mol. The van der Waals surface area contributed by atoms with E-state index in [0.29, 0.717) is 19.7 Å². The van der Waals surface area contributed by atoms with Crippen LogP contribution in [0.1, 0.15) is 42.9 Å². The standard InChI is InChI=1S/C18H23F3N2O2/c19-18(20,21)15-7-5-14(6-8-15)16-4-1-2-9-22(16)10-3-11-23-12-13-25-17(23)24/h5-8,16H,1-4,9-13H2. The van der Waals surface area contributed by atoms with E-state index in [9.17, 15) is 18.0 Å². The summed E-state index contributed by atoms with van der Waals surface area (Å²) in [6.45, 7) is 3.53. The van der Waals surface area contributed by atoms with Gasteiger partial charge in [0.25, 0.3) is 0 Å². The lowest BCUT2D eigenvalue weighted by Gasteiger charge is -2.36. The summed E-state index contributed by atoms with van der Waals surface area (Å²) in [5.74, 6) is 0. The fraction of sp³-hybridized carbons (Fsp3) is 0.611. The molecular weight excluding hydrogens is 333 g/mol. The Kier molecular flexibility index (Phi) is 5.51. The molecule has 1 aromatic rings. The lowest BCUT2D eigenvalue weighted by atomic mass is 9.94. The molecular formula is C18H23F3N2O2. The molecule has 0 aliphatic carbocycles. The molecule has 0 spiro atoms. The summed E-state index contributed by atoms with van der Waals surface area (Å²) >= 11 is 0. The van der Waals surface area contributed by atoms with Crippen molar-refractivity contribution >= 4 is 6.09 Å². The molecule has 1 atom stereocenters. The Morgan fingerprint density at radius 2 is 1.84 bits per heavy atom. The maximum Gasteiger partial charge on any atom is 0.416 e. The van der Waals surface area contributed by atoms with Crippen LogP contribution >= 0.6 is 0 Å². The summed E-state index contributed by atoms with van der Waals surface area (Å²) in [5.41, 5.74) is 0.333. The second kappa shape index (κ2) is 7.64. The number of hydrogen-bond donors (Lipinski definition) is 0. The number of alkyl halides is 3. The predicted octanol–water partition coefficient (Wildman–Crippen LogP) is 4.07. The van der Waals surface area contributed by atoms with Gasteiger partial charge in [0.1, 0.15) is 6.61 Å². The summed E-state index contributed by atoms with van der Waals surface area (Å²) in [4.78, 5) is 15.5. The van der Waals surface area contributed by atoms with Gasteiger partial charge in [-0.05, 0) is 43.5 Å². The number of benzene rings is 1. The Morgan fingerprint density at radius 3 is 2.48 bits per heavy atom. The van der Waals surface area contributed by atoms with Crippen molar-refractivity contribution in [2.75, 3.05) is 32.8 Å². The van der Waals surface area contributed by atoms with Crippen molar-refractivity contribution in [3.8, 4) is 0 Å². The zero-order chi connectivity index (χ0) is 17.9. The maximum atomic E-state index is 12.7. The van der Waals surface area contributed by atoms with E-state index in [1.807, 2.05) is 0 Å². The van der Waals surface area contributed by atoms with E-state index in [1.165, 1.54) is 12.1 Å². The third-order valence-electron chi connectivity index (χ3n) is 4.95. The maximum absolute atomic E-state index is 12.7. The van der Waals surface area contributed by atoms with E-state index < -0.39 is 11.7 Å². The van der Waals surface area contributed by atoms with Gasteiger partial charge in [0.2, 0.25) is 0 Å². The average molecular weight is 356 g/mol. The first-order valence-corrected chi connectivity index (χ1v) is 8.78. The molecule has 2 heterocycles. The number of ether oxygens (including phenoxy) is 1. The number of likely N-dealkylation sites (tertiary alicyclic amines) is 1. The second-order valence-electron chi connectivity index (χ2n) is 6.62. The highest BCUT2D eigenvalue weighted by atomic mass is 19.4. The SMILES string of the molecule is O=C1OCCN1CCCN1CCCCC1c1ccc(C(F)(F)F)cc1. The third-order valence-corrected chi connectivity index (χ3v) is 4.95. The molecule has 0 aromatic heterocycles. The molecule has 138 valence electrons. The molecule has 2 aliphatic rings. The first-order valence-electron chi connectivity index (χ1n) is 8.78. The molecule has 2 fully saturated rings.